The second-order valence-electron chi connectivity index (χ2n) is 17.2. The molecule has 3 N–H and O–H groups in total. The third kappa shape index (κ3) is 39.5. The molecule has 1 amide bonds. The number of carbonyl (C=O) groups excluding carboxylic acids is 2. The van der Waals surface area contributed by atoms with E-state index in [1.54, 1.807) is 0 Å². The molecule has 6 heteroatoms. The van der Waals surface area contributed by atoms with Crippen molar-refractivity contribution < 1.29 is 24.5 Å². The largest absolute Gasteiger partial charge is 0.462 e. The summed E-state index contributed by atoms with van der Waals surface area (Å²) >= 11 is 0. The van der Waals surface area contributed by atoms with Gasteiger partial charge in [0.25, 0.3) is 0 Å². The van der Waals surface area contributed by atoms with Crippen LogP contribution in [0, 0.1) is 0 Å². The normalized spacial score (nSPS) is 13.2. The van der Waals surface area contributed by atoms with Gasteiger partial charge < -0.3 is 20.3 Å². The van der Waals surface area contributed by atoms with Gasteiger partial charge >= 0.3 is 5.97 Å². The first-order chi connectivity index (χ1) is 27.0. The highest BCUT2D eigenvalue weighted by molar-refractivity contribution is 5.77. The van der Waals surface area contributed by atoms with E-state index in [2.05, 4.69) is 26.1 Å². The van der Waals surface area contributed by atoms with Gasteiger partial charge in [-0.2, -0.15) is 0 Å². The Hall–Kier alpha value is -1.14. The van der Waals surface area contributed by atoms with E-state index in [1.807, 2.05) is 0 Å². The Labute approximate surface area is 343 Å². The van der Waals surface area contributed by atoms with Gasteiger partial charge in [0.05, 0.1) is 25.2 Å². The van der Waals surface area contributed by atoms with Crippen molar-refractivity contribution in [2.75, 3.05) is 6.61 Å². The topological polar surface area (TPSA) is 95.9 Å². The number of aliphatic hydroxyl groups is 2. The maximum Gasteiger partial charge on any atom is 0.306 e. The summed E-state index contributed by atoms with van der Waals surface area (Å²) in [5, 5.41) is 23.7. The predicted octanol–water partition coefficient (Wildman–Crippen LogP) is 14.4. The summed E-state index contributed by atoms with van der Waals surface area (Å²) in [7, 11) is 0. The van der Waals surface area contributed by atoms with Gasteiger partial charge in [0, 0.05) is 6.42 Å². The lowest BCUT2D eigenvalue weighted by Crippen LogP contribution is -2.46. The van der Waals surface area contributed by atoms with Crippen LogP contribution in [0.1, 0.15) is 278 Å². The molecule has 0 aliphatic heterocycles. The standard InChI is InChI=1S/C49H97NO5/c1-4-7-10-13-16-19-21-22-23-24-25-26-28-29-32-35-38-41-47(52)46(44-51)50-48(53)43-45(40-37-34-31-18-15-12-9-6-3)55-49(54)42-39-36-33-30-27-20-17-14-11-8-5-2/h45-47,51-52H,4-44H2,1-3H3,(H,50,53). The lowest BCUT2D eigenvalue weighted by molar-refractivity contribution is -0.151. The van der Waals surface area contributed by atoms with Crippen molar-refractivity contribution in [1.29, 1.82) is 0 Å². The third-order valence-electron chi connectivity index (χ3n) is 11.7. The Balaban J connectivity index is 4.34. The molecule has 0 aromatic carbocycles. The number of amides is 1. The highest BCUT2D eigenvalue weighted by Crippen LogP contribution is 2.18. The fourth-order valence-corrected chi connectivity index (χ4v) is 7.90. The van der Waals surface area contributed by atoms with Crippen LogP contribution in [0.15, 0.2) is 0 Å². The van der Waals surface area contributed by atoms with Crippen molar-refractivity contribution in [3.05, 3.63) is 0 Å². The van der Waals surface area contributed by atoms with Gasteiger partial charge in [-0.25, -0.2) is 0 Å². The van der Waals surface area contributed by atoms with Crippen LogP contribution < -0.4 is 5.32 Å². The van der Waals surface area contributed by atoms with Gasteiger partial charge in [0.2, 0.25) is 5.91 Å². The summed E-state index contributed by atoms with van der Waals surface area (Å²) in [6, 6.07) is -0.690. The number of hydrogen-bond donors (Lipinski definition) is 3. The highest BCUT2D eigenvalue weighted by Gasteiger charge is 2.24. The second kappa shape index (κ2) is 44.0. The molecule has 0 saturated heterocycles. The Morgan fingerprint density at radius 2 is 0.764 bits per heavy atom. The molecule has 3 atom stereocenters. The number of esters is 1. The van der Waals surface area contributed by atoms with E-state index in [4.69, 9.17) is 4.74 Å². The van der Waals surface area contributed by atoms with E-state index in [0.717, 1.165) is 44.9 Å². The van der Waals surface area contributed by atoms with Crippen molar-refractivity contribution in [2.24, 2.45) is 0 Å². The van der Waals surface area contributed by atoms with Crippen LogP contribution in [0.5, 0.6) is 0 Å². The molecule has 0 aliphatic rings. The Kier molecular flexibility index (Phi) is 43.1. The van der Waals surface area contributed by atoms with Crippen LogP contribution in [0.2, 0.25) is 0 Å². The summed E-state index contributed by atoms with van der Waals surface area (Å²) in [4.78, 5) is 25.9. The van der Waals surface area contributed by atoms with E-state index in [9.17, 15) is 19.8 Å². The first kappa shape index (κ1) is 53.9. The second-order valence-corrected chi connectivity index (χ2v) is 17.2. The van der Waals surface area contributed by atoms with Gasteiger partial charge in [0.15, 0.2) is 0 Å². The van der Waals surface area contributed by atoms with Crippen molar-refractivity contribution in [1.82, 2.24) is 5.32 Å². The van der Waals surface area contributed by atoms with Crippen molar-refractivity contribution >= 4 is 11.9 Å². The zero-order chi connectivity index (χ0) is 40.3. The minimum atomic E-state index is -0.778. The van der Waals surface area contributed by atoms with Crippen LogP contribution in [-0.2, 0) is 14.3 Å². The molecule has 0 spiro atoms. The van der Waals surface area contributed by atoms with E-state index in [-0.39, 0.29) is 24.9 Å². The SMILES string of the molecule is CCCCCCCCCCCCCCCCCCCC(O)C(CO)NC(=O)CC(CCCCCCCCCC)OC(=O)CCCCCCCCCCCCC. The Morgan fingerprint density at radius 3 is 1.11 bits per heavy atom. The fraction of sp³-hybridized carbons (Fsp3) is 0.959. The minimum Gasteiger partial charge on any atom is -0.462 e. The van der Waals surface area contributed by atoms with Crippen LogP contribution in [-0.4, -0.2) is 46.9 Å². The van der Waals surface area contributed by atoms with Crippen molar-refractivity contribution in [3.63, 3.8) is 0 Å². The average molecular weight is 780 g/mol. The summed E-state index contributed by atoms with van der Waals surface area (Å²) in [6.07, 6.45) is 46.0. The summed E-state index contributed by atoms with van der Waals surface area (Å²) in [5.41, 5.74) is 0. The monoisotopic (exact) mass is 780 g/mol. The number of hydrogen-bond acceptors (Lipinski definition) is 5. The number of unbranched alkanes of at least 4 members (excludes halogenated alkanes) is 33. The van der Waals surface area contributed by atoms with E-state index in [1.165, 1.54) is 186 Å². The van der Waals surface area contributed by atoms with E-state index < -0.39 is 18.2 Å². The molecule has 55 heavy (non-hydrogen) atoms. The van der Waals surface area contributed by atoms with Crippen molar-refractivity contribution in [3.8, 4) is 0 Å². The molecule has 0 saturated carbocycles. The molecule has 0 aromatic rings. The fourth-order valence-electron chi connectivity index (χ4n) is 7.90. The lowest BCUT2D eigenvalue weighted by Gasteiger charge is -2.24. The number of ether oxygens (including phenoxy) is 1. The molecule has 0 aromatic heterocycles. The molecule has 0 radical (unpaired) electrons. The van der Waals surface area contributed by atoms with Crippen molar-refractivity contribution in [2.45, 2.75) is 296 Å². The number of aliphatic hydroxyl groups excluding tert-OH is 2. The number of nitrogens with one attached hydrogen (secondary N) is 1. The molecule has 0 rings (SSSR count). The highest BCUT2D eigenvalue weighted by atomic mass is 16.5. The average Bonchev–Trinajstić information content (AvgIpc) is 3.18. The first-order valence-corrected chi connectivity index (χ1v) is 24.8. The maximum absolute atomic E-state index is 13.1. The molecule has 328 valence electrons. The summed E-state index contributed by atoms with van der Waals surface area (Å²) < 4.78 is 5.89. The first-order valence-electron chi connectivity index (χ1n) is 24.8. The van der Waals surface area contributed by atoms with Crippen LogP contribution >= 0.6 is 0 Å². The summed E-state index contributed by atoms with van der Waals surface area (Å²) in [5.74, 6) is -0.460. The van der Waals surface area contributed by atoms with E-state index >= 15 is 0 Å². The predicted molar refractivity (Wildman–Crippen MR) is 237 cm³/mol. The Bertz CT molecular complexity index is 791. The molecular weight excluding hydrogens is 683 g/mol. The molecule has 0 bridgehead atoms. The summed E-state index contributed by atoms with van der Waals surface area (Å²) in [6.45, 7) is 6.48. The van der Waals surface area contributed by atoms with Gasteiger partial charge in [0.1, 0.15) is 6.10 Å². The molecule has 6 nitrogen and oxygen atoms in total. The Morgan fingerprint density at radius 1 is 0.455 bits per heavy atom. The molecule has 3 unspecified atom stereocenters. The van der Waals surface area contributed by atoms with E-state index in [0.29, 0.717) is 19.3 Å². The molecular formula is C49H97NO5. The molecule has 0 fully saturated rings. The van der Waals surface area contributed by atoms with Crippen LogP contribution in [0.25, 0.3) is 0 Å². The zero-order valence-corrected chi connectivity index (χ0v) is 37.3. The smallest absolute Gasteiger partial charge is 0.306 e. The third-order valence-corrected chi connectivity index (χ3v) is 11.7. The van der Waals surface area contributed by atoms with Gasteiger partial charge in [-0.3, -0.25) is 9.59 Å². The number of carbonyl (C=O) groups is 2. The van der Waals surface area contributed by atoms with Gasteiger partial charge in [-0.05, 0) is 25.7 Å². The van der Waals surface area contributed by atoms with Crippen LogP contribution in [0.3, 0.4) is 0 Å². The van der Waals surface area contributed by atoms with Gasteiger partial charge in [-0.1, -0.05) is 239 Å². The number of rotatable bonds is 45. The quantitative estimate of drug-likeness (QED) is 0.0422. The molecule has 0 aliphatic carbocycles. The minimum absolute atomic E-state index is 0.0862. The van der Waals surface area contributed by atoms with Gasteiger partial charge in [-0.15, -0.1) is 0 Å². The molecule has 0 heterocycles. The maximum atomic E-state index is 13.1. The zero-order valence-electron chi connectivity index (χ0n) is 37.3. The lowest BCUT2D eigenvalue weighted by atomic mass is 10.0. The van der Waals surface area contributed by atoms with Crippen LogP contribution in [0.4, 0.5) is 0 Å².